The molecular formula is C25H25ClN6O. The molecule has 2 aromatic heterocycles. The van der Waals surface area contributed by atoms with E-state index in [9.17, 15) is 4.79 Å². The average molecular weight is 461 g/mol. The Morgan fingerprint density at radius 3 is 2.55 bits per heavy atom. The molecule has 1 saturated heterocycles. The van der Waals surface area contributed by atoms with Gasteiger partial charge in [-0.05, 0) is 56.2 Å². The van der Waals surface area contributed by atoms with Crippen LogP contribution in [0.5, 0.6) is 0 Å². The summed E-state index contributed by atoms with van der Waals surface area (Å²) < 4.78 is 2.04. The molecule has 1 unspecified atom stereocenters. The van der Waals surface area contributed by atoms with Crippen molar-refractivity contribution < 1.29 is 4.79 Å². The number of aromatic nitrogens is 4. The third-order valence-electron chi connectivity index (χ3n) is 6.98. The van der Waals surface area contributed by atoms with E-state index in [1.165, 1.54) is 6.42 Å². The van der Waals surface area contributed by atoms with E-state index in [1.807, 2.05) is 52.9 Å². The summed E-state index contributed by atoms with van der Waals surface area (Å²) in [6.07, 6.45) is 3.23. The first-order valence-corrected chi connectivity index (χ1v) is 11.9. The summed E-state index contributed by atoms with van der Waals surface area (Å²) in [5.41, 5.74) is 2.59. The first kappa shape index (κ1) is 20.4. The summed E-state index contributed by atoms with van der Waals surface area (Å²) in [5, 5.41) is 10.7. The van der Waals surface area contributed by atoms with Crippen molar-refractivity contribution >= 4 is 40.0 Å². The highest BCUT2D eigenvalue weighted by molar-refractivity contribution is 6.30. The fourth-order valence-electron chi connectivity index (χ4n) is 4.92. The number of carbonyl (C=O) groups is 1. The lowest BCUT2D eigenvalue weighted by Crippen LogP contribution is -2.56. The standard InChI is InChI=1S/C25H25ClN6O/c1-16-15-30(13-14-31(16)24(33)18-5-4-6-18)25-27-21-8-3-2-7-20(21)23-29-28-22(32(23)25)17-9-11-19(26)12-10-17/h2-3,7-12,16,18H,4-6,13-15H2,1H3. The van der Waals surface area contributed by atoms with E-state index in [-0.39, 0.29) is 12.0 Å². The number of anilines is 1. The highest BCUT2D eigenvalue weighted by Crippen LogP contribution is 2.32. The molecule has 0 spiro atoms. The highest BCUT2D eigenvalue weighted by atomic mass is 35.5. The number of fused-ring (bicyclic) bond motifs is 3. The van der Waals surface area contributed by atoms with Gasteiger partial charge in [0, 0.05) is 47.6 Å². The van der Waals surface area contributed by atoms with Crippen molar-refractivity contribution in [2.45, 2.75) is 32.2 Å². The largest absolute Gasteiger partial charge is 0.338 e. The molecule has 4 aromatic rings. The van der Waals surface area contributed by atoms with Gasteiger partial charge >= 0.3 is 0 Å². The number of amides is 1. The van der Waals surface area contributed by atoms with Crippen molar-refractivity contribution in [1.82, 2.24) is 24.5 Å². The van der Waals surface area contributed by atoms with Gasteiger partial charge in [0.1, 0.15) is 0 Å². The van der Waals surface area contributed by atoms with Gasteiger partial charge in [-0.2, -0.15) is 0 Å². The van der Waals surface area contributed by atoms with E-state index in [0.29, 0.717) is 17.5 Å². The van der Waals surface area contributed by atoms with Crippen LogP contribution in [0.25, 0.3) is 27.9 Å². The zero-order chi connectivity index (χ0) is 22.5. The highest BCUT2D eigenvalue weighted by Gasteiger charge is 2.35. The molecule has 8 heteroatoms. The zero-order valence-corrected chi connectivity index (χ0v) is 19.2. The van der Waals surface area contributed by atoms with Crippen LogP contribution in [0.2, 0.25) is 5.02 Å². The second-order valence-corrected chi connectivity index (χ2v) is 9.51. The first-order valence-electron chi connectivity index (χ1n) is 11.6. The lowest BCUT2D eigenvalue weighted by molar-refractivity contribution is -0.140. The molecule has 2 aliphatic rings. The van der Waals surface area contributed by atoms with Crippen LogP contribution >= 0.6 is 11.6 Å². The molecule has 33 heavy (non-hydrogen) atoms. The van der Waals surface area contributed by atoms with E-state index in [0.717, 1.165) is 59.8 Å². The molecule has 0 N–H and O–H groups in total. The molecule has 0 radical (unpaired) electrons. The van der Waals surface area contributed by atoms with Crippen LogP contribution in [0.4, 0.5) is 5.95 Å². The van der Waals surface area contributed by atoms with Crippen molar-refractivity contribution in [3.63, 3.8) is 0 Å². The Labute approximate surface area is 197 Å². The maximum Gasteiger partial charge on any atom is 0.226 e. The maximum atomic E-state index is 12.9. The molecule has 1 saturated carbocycles. The van der Waals surface area contributed by atoms with E-state index in [2.05, 4.69) is 26.9 Å². The van der Waals surface area contributed by atoms with Crippen LogP contribution in [-0.2, 0) is 4.79 Å². The van der Waals surface area contributed by atoms with Crippen molar-refractivity contribution in [2.24, 2.45) is 5.92 Å². The van der Waals surface area contributed by atoms with Crippen molar-refractivity contribution in [3.8, 4) is 11.4 Å². The van der Waals surface area contributed by atoms with Crippen molar-refractivity contribution in [2.75, 3.05) is 24.5 Å². The lowest BCUT2D eigenvalue weighted by Gasteiger charge is -2.43. The Morgan fingerprint density at radius 2 is 1.82 bits per heavy atom. The quantitative estimate of drug-likeness (QED) is 0.452. The fourth-order valence-corrected chi connectivity index (χ4v) is 5.05. The Bertz CT molecular complexity index is 1350. The average Bonchev–Trinajstić information content (AvgIpc) is 3.23. The number of piperazine rings is 1. The minimum atomic E-state index is 0.116. The minimum Gasteiger partial charge on any atom is -0.338 e. The molecule has 1 aliphatic heterocycles. The van der Waals surface area contributed by atoms with E-state index < -0.39 is 0 Å². The summed E-state index contributed by atoms with van der Waals surface area (Å²) in [5.74, 6) is 2.08. The Kier molecular flexibility index (Phi) is 4.94. The van der Waals surface area contributed by atoms with Crippen molar-refractivity contribution in [3.05, 3.63) is 53.6 Å². The molecule has 168 valence electrons. The number of hydrogen-bond acceptors (Lipinski definition) is 5. The van der Waals surface area contributed by atoms with E-state index in [4.69, 9.17) is 16.6 Å². The van der Waals surface area contributed by atoms with Crippen LogP contribution in [0.3, 0.4) is 0 Å². The summed E-state index contributed by atoms with van der Waals surface area (Å²) in [6, 6.07) is 15.8. The summed E-state index contributed by atoms with van der Waals surface area (Å²) in [6.45, 7) is 4.27. The summed E-state index contributed by atoms with van der Waals surface area (Å²) >= 11 is 6.12. The molecule has 2 fully saturated rings. The van der Waals surface area contributed by atoms with Crippen molar-refractivity contribution in [1.29, 1.82) is 0 Å². The smallest absolute Gasteiger partial charge is 0.226 e. The SMILES string of the molecule is CC1CN(c2nc3ccccc3c3nnc(-c4ccc(Cl)cc4)n23)CCN1C(=O)C1CCC1. The number of halogens is 1. The van der Waals surface area contributed by atoms with E-state index in [1.54, 1.807) is 0 Å². The predicted octanol–water partition coefficient (Wildman–Crippen LogP) is 4.44. The Balaban J connectivity index is 1.44. The van der Waals surface area contributed by atoms with Crippen LogP contribution in [0, 0.1) is 5.92 Å². The van der Waals surface area contributed by atoms with Gasteiger partial charge in [0.25, 0.3) is 0 Å². The van der Waals surface area contributed by atoms with Gasteiger partial charge in [-0.15, -0.1) is 10.2 Å². The molecule has 3 heterocycles. The lowest BCUT2D eigenvalue weighted by atomic mass is 9.84. The number of carbonyl (C=O) groups excluding carboxylic acids is 1. The second kappa shape index (κ2) is 7.99. The number of hydrogen-bond donors (Lipinski definition) is 0. The molecule has 1 aliphatic carbocycles. The predicted molar refractivity (Wildman–Crippen MR) is 129 cm³/mol. The van der Waals surface area contributed by atoms with Crippen LogP contribution in [0.15, 0.2) is 48.5 Å². The third kappa shape index (κ3) is 3.42. The third-order valence-corrected chi connectivity index (χ3v) is 7.23. The normalized spacial score (nSPS) is 19.3. The molecular weight excluding hydrogens is 436 g/mol. The second-order valence-electron chi connectivity index (χ2n) is 9.07. The van der Waals surface area contributed by atoms with Crippen LogP contribution in [0.1, 0.15) is 26.2 Å². The number of para-hydroxylation sites is 1. The van der Waals surface area contributed by atoms with Gasteiger partial charge in [-0.25, -0.2) is 9.38 Å². The topological polar surface area (TPSA) is 66.6 Å². The van der Waals surface area contributed by atoms with Gasteiger partial charge < -0.3 is 9.80 Å². The molecule has 7 nitrogen and oxygen atoms in total. The Hall–Kier alpha value is -3.19. The monoisotopic (exact) mass is 460 g/mol. The first-order chi connectivity index (χ1) is 16.1. The number of benzene rings is 2. The molecule has 1 atom stereocenters. The molecule has 2 aromatic carbocycles. The molecule has 1 amide bonds. The van der Waals surface area contributed by atoms with Gasteiger partial charge in [-0.1, -0.05) is 30.2 Å². The summed E-state index contributed by atoms with van der Waals surface area (Å²) in [7, 11) is 0. The Morgan fingerprint density at radius 1 is 1.03 bits per heavy atom. The number of nitrogens with zero attached hydrogens (tertiary/aromatic N) is 6. The number of rotatable bonds is 3. The zero-order valence-electron chi connectivity index (χ0n) is 18.5. The van der Waals surface area contributed by atoms with Crippen LogP contribution < -0.4 is 4.90 Å². The van der Waals surface area contributed by atoms with Gasteiger partial charge in [0.2, 0.25) is 11.9 Å². The van der Waals surface area contributed by atoms with Gasteiger partial charge in [0.15, 0.2) is 11.5 Å². The molecule has 6 rings (SSSR count). The van der Waals surface area contributed by atoms with Gasteiger partial charge in [0.05, 0.1) is 5.52 Å². The minimum absolute atomic E-state index is 0.116. The van der Waals surface area contributed by atoms with Crippen LogP contribution in [-0.4, -0.2) is 56.1 Å². The summed E-state index contributed by atoms with van der Waals surface area (Å²) in [4.78, 5) is 22.3. The molecule has 0 bridgehead atoms. The maximum absolute atomic E-state index is 12.9. The van der Waals surface area contributed by atoms with E-state index >= 15 is 0 Å². The van der Waals surface area contributed by atoms with Gasteiger partial charge in [-0.3, -0.25) is 4.79 Å². The fraction of sp³-hybridized carbons (Fsp3) is 0.360.